The third-order valence-corrected chi connectivity index (χ3v) is 3.47. The second kappa shape index (κ2) is 6.78. The maximum absolute atomic E-state index is 5.61. The molecule has 0 aliphatic heterocycles. The molecule has 1 N–H and O–H groups in total. The molecule has 2 rings (SSSR count). The lowest BCUT2D eigenvalue weighted by atomic mass is 10.1. The summed E-state index contributed by atoms with van der Waals surface area (Å²) >= 11 is 0. The smallest absolute Gasteiger partial charge is 0.189 e. The second-order valence-corrected chi connectivity index (χ2v) is 5.00. The third kappa shape index (κ3) is 4.11. The molecule has 19 heavy (non-hydrogen) atoms. The van der Waals surface area contributed by atoms with Gasteiger partial charge >= 0.3 is 0 Å². The van der Waals surface area contributed by atoms with Crippen LogP contribution in [0.15, 0.2) is 18.2 Å². The maximum Gasteiger partial charge on any atom is 0.189 e. The zero-order valence-corrected chi connectivity index (χ0v) is 11.9. The molecule has 0 spiro atoms. The minimum absolute atomic E-state index is 0.286. The van der Waals surface area contributed by atoms with Gasteiger partial charge < -0.3 is 19.5 Å². The Bertz CT molecular complexity index is 404. The Morgan fingerprint density at radius 3 is 2.74 bits per heavy atom. The maximum atomic E-state index is 5.61. The molecule has 0 amide bonds. The number of hydrogen-bond acceptors (Lipinski definition) is 4. The highest BCUT2D eigenvalue weighted by Crippen LogP contribution is 2.31. The van der Waals surface area contributed by atoms with Crippen LogP contribution in [0.2, 0.25) is 0 Å². The number of ether oxygens (including phenoxy) is 3. The summed E-state index contributed by atoms with van der Waals surface area (Å²) < 4.78 is 16.4. The molecule has 1 unspecified atom stereocenters. The van der Waals surface area contributed by atoms with Gasteiger partial charge in [0.2, 0.25) is 0 Å². The van der Waals surface area contributed by atoms with E-state index in [1.165, 1.54) is 18.4 Å². The predicted octanol–water partition coefficient (Wildman–Crippen LogP) is 2.74. The van der Waals surface area contributed by atoms with E-state index in [9.17, 15) is 0 Å². The monoisotopic (exact) mass is 265 g/mol. The van der Waals surface area contributed by atoms with E-state index in [1.807, 2.05) is 25.2 Å². The van der Waals surface area contributed by atoms with Crippen molar-refractivity contribution >= 4 is 0 Å². The topological polar surface area (TPSA) is 39.7 Å². The molecule has 0 heterocycles. The van der Waals surface area contributed by atoms with Crippen molar-refractivity contribution in [2.75, 3.05) is 27.6 Å². The Hall–Kier alpha value is -1.26. The predicted molar refractivity (Wildman–Crippen MR) is 74.6 cm³/mol. The van der Waals surface area contributed by atoms with Crippen LogP contribution in [0.3, 0.4) is 0 Å². The lowest BCUT2D eigenvalue weighted by Gasteiger charge is -2.15. The van der Waals surface area contributed by atoms with Gasteiger partial charge in [-0.15, -0.1) is 0 Å². The van der Waals surface area contributed by atoms with Crippen molar-refractivity contribution in [3.8, 4) is 11.5 Å². The van der Waals surface area contributed by atoms with Crippen LogP contribution in [0.5, 0.6) is 11.5 Å². The minimum atomic E-state index is 0.286. The molecule has 1 aliphatic rings. The summed E-state index contributed by atoms with van der Waals surface area (Å²) in [7, 11) is 3.59. The van der Waals surface area contributed by atoms with Gasteiger partial charge in [-0.25, -0.2) is 0 Å². The van der Waals surface area contributed by atoms with Crippen LogP contribution in [-0.2, 0) is 4.74 Å². The summed E-state index contributed by atoms with van der Waals surface area (Å²) in [5, 5.41) is 3.20. The number of benzene rings is 1. The average Bonchev–Trinajstić information content (AvgIpc) is 3.27. The number of methoxy groups -OCH3 is 1. The van der Waals surface area contributed by atoms with E-state index in [0.717, 1.165) is 24.0 Å². The molecule has 0 radical (unpaired) electrons. The van der Waals surface area contributed by atoms with Gasteiger partial charge in [0.05, 0.1) is 13.7 Å². The molecule has 106 valence electrons. The van der Waals surface area contributed by atoms with Crippen LogP contribution in [-0.4, -0.2) is 27.6 Å². The Balaban J connectivity index is 1.90. The fourth-order valence-corrected chi connectivity index (χ4v) is 1.84. The Labute approximate surface area is 115 Å². The fraction of sp³-hybridized carbons (Fsp3) is 0.600. The van der Waals surface area contributed by atoms with Crippen LogP contribution in [0, 0.1) is 5.92 Å². The first-order valence-electron chi connectivity index (χ1n) is 6.80. The summed E-state index contributed by atoms with van der Waals surface area (Å²) in [4.78, 5) is 0. The molecule has 4 heteroatoms. The molecular weight excluding hydrogens is 242 g/mol. The molecule has 1 atom stereocenters. The van der Waals surface area contributed by atoms with Gasteiger partial charge in [0.25, 0.3) is 0 Å². The highest BCUT2D eigenvalue weighted by Gasteiger charge is 2.21. The molecule has 1 aromatic rings. The first kappa shape index (κ1) is 14.2. The number of hydrogen-bond donors (Lipinski definition) is 1. The number of rotatable bonds is 8. The van der Waals surface area contributed by atoms with Gasteiger partial charge in [-0.1, -0.05) is 6.07 Å². The molecule has 1 aromatic carbocycles. The number of nitrogens with one attached hydrogen (secondary N) is 1. The Morgan fingerprint density at radius 1 is 1.32 bits per heavy atom. The summed E-state index contributed by atoms with van der Waals surface area (Å²) in [5.41, 5.74) is 1.17. The molecule has 4 nitrogen and oxygen atoms in total. The van der Waals surface area contributed by atoms with Crippen molar-refractivity contribution in [3.05, 3.63) is 23.8 Å². The van der Waals surface area contributed by atoms with E-state index in [-0.39, 0.29) is 12.8 Å². The molecule has 0 saturated heterocycles. The lowest BCUT2D eigenvalue weighted by molar-refractivity contribution is 0.00865. The van der Waals surface area contributed by atoms with Crippen LogP contribution < -0.4 is 14.8 Å². The molecule has 1 saturated carbocycles. The fourth-order valence-electron chi connectivity index (χ4n) is 1.84. The summed E-state index contributed by atoms with van der Waals surface area (Å²) in [6, 6.07) is 6.26. The average molecular weight is 265 g/mol. The van der Waals surface area contributed by atoms with Crippen molar-refractivity contribution in [2.24, 2.45) is 5.92 Å². The zero-order chi connectivity index (χ0) is 13.7. The first-order valence-corrected chi connectivity index (χ1v) is 6.80. The van der Waals surface area contributed by atoms with E-state index in [4.69, 9.17) is 14.2 Å². The standard InChI is InChI=1S/C15H23NO3/c1-11(16-2)13-6-7-14(15(8-13)17-3)19-10-18-9-12-4-5-12/h6-8,11-12,16H,4-5,9-10H2,1-3H3. The normalized spacial score (nSPS) is 16.2. The van der Waals surface area contributed by atoms with Crippen LogP contribution in [0.25, 0.3) is 0 Å². The van der Waals surface area contributed by atoms with E-state index < -0.39 is 0 Å². The van der Waals surface area contributed by atoms with Crippen molar-refractivity contribution in [3.63, 3.8) is 0 Å². The first-order chi connectivity index (χ1) is 9.24. The largest absolute Gasteiger partial charge is 0.493 e. The molecule has 1 fully saturated rings. The third-order valence-electron chi connectivity index (χ3n) is 3.47. The van der Waals surface area contributed by atoms with Gasteiger partial charge in [-0.2, -0.15) is 0 Å². The molecule has 0 aromatic heterocycles. The minimum Gasteiger partial charge on any atom is -0.493 e. The van der Waals surface area contributed by atoms with Gasteiger partial charge in [-0.05, 0) is 50.4 Å². The van der Waals surface area contributed by atoms with Gasteiger partial charge in [0.1, 0.15) is 0 Å². The van der Waals surface area contributed by atoms with Crippen molar-refractivity contribution < 1.29 is 14.2 Å². The lowest BCUT2D eigenvalue weighted by Crippen LogP contribution is -2.12. The summed E-state index contributed by atoms with van der Waals surface area (Å²) in [5.74, 6) is 2.23. The molecular formula is C15H23NO3. The van der Waals surface area contributed by atoms with Crippen molar-refractivity contribution in [1.82, 2.24) is 5.32 Å². The van der Waals surface area contributed by atoms with E-state index in [2.05, 4.69) is 12.2 Å². The zero-order valence-electron chi connectivity index (χ0n) is 11.9. The Kier molecular flexibility index (Phi) is 5.05. The molecule has 1 aliphatic carbocycles. The quantitative estimate of drug-likeness (QED) is 0.579. The van der Waals surface area contributed by atoms with Gasteiger partial charge in [-0.3, -0.25) is 0 Å². The highest BCUT2D eigenvalue weighted by atomic mass is 16.7. The van der Waals surface area contributed by atoms with Crippen molar-refractivity contribution in [2.45, 2.75) is 25.8 Å². The Morgan fingerprint density at radius 2 is 2.11 bits per heavy atom. The van der Waals surface area contributed by atoms with Crippen LogP contribution in [0.1, 0.15) is 31.4 Å². The van der Waals surface area contributed by atoms with E-state index >= 15 is 0 Å². The SMILES string of the molecule is CNC(C)c1ccc(OCOCC2CC2)c(OC)c1. The molecule has 0 bridgehead atoms. The summed E-state index contributed by atoms with van der Waals surface area (Å²) in [6.45, 7) is 3.19. The summed E-state index contributed by atoms with van der Waals surface area (Å²) in [6.07, 6.45) is 2.58. The highest BCUT2D eigenvalue weighted by molar-refractivity contribution is 5.43. The van der Waals surface area contributed by atoms with E-state index in [0.29, 0.717) is 0 Å². The van der Waals surface area contributed by atoms with Crippen molar-refractivity contribution in [1.29, 1.82) is 0 Å². The van der Waals surface area contributed by atoms with Gasteiger partial charge in [0.15, 0.2) is 18.3 Å². The van der Waals surface area contributed by atoms with E-state index in [1.54, 1.807) is 7.11 Å². The van der Waals surface area contributed by atoms with Gasteiger partial charge in [0, 0.05) is 6.04 Å². The second-order valence-electron chi connectivity index (χ2n) is 5.00. The van der Waals surface area contributed by atoms with Crippen LogP contribution >= 0.6 is 0 Å². The van der Waals surface area contributed by atoms with Crippen LogP contribution in [0.4, 0.5) is 0 Å².